The Bertz CT molecular complexity index is 1750. The number of carbonyl (C=O) groups excluding carboxylic acids is 1. The molecule has 0 fully saturated rings. The second-order valence-corrected chi connectivity index (χ2v) is 9.78. The summed E-state index contributed by atoms with van der Waals surface area (Å²) in [6.07, 6.45) is 2.93. The predicted octanol–water partition coefficient (Wildman–Crippen LogP) is -0.589. The molecular weight excluding hydrogens is 470 g/mol. The second-order valence-electron chi connectivity index (χ2n) is 7.21. The average molecular weight is 490 g/mol. The highest BCUT2D eigenvalue weighted by Gasteiger charge is 2.17. The molecule has 0 radical (unpaired) electrons. The Hall–Kier alpha value is -3.62. The number of hydrogen-bond donors (Lipinski definition) is 1. The first-order valence-electron chi connectivity index (χ1n) is 9.48. The van der Waals surface area contributed by atoms with E-state index in [9.17, 15) is 22.8 Å². The zero-order valence-corrected chi connectivity index (χ0v) is 19.3. The first kappa shape index (κ1) is 22.6. The Morgan fingerprint density at radius 3 is 2.67 bits per heavy atom. The van der Waals surface area contributed by atoms with E-state index in [0.29, 0.717) is 21.6 Å². The van der Waals surface area contributed by atoms with E-state index < -0.39 is 27.2 Å². The molecule has 1 amide bonds. The molecule has 4 rings (SSSR count). The molecule has 0 bridgehead atoms. The van der Waals surface area contributed by atoms with Crippen LogP contribution in [0.5, 0.6) is 0 Å². The number of amides is 1. The highest BCUT2D eigenvalue weighted by molar-refractivity contribution is 7.89. The van der Waals surface area contributed by atoms with Crippen LogP contribution in [0.1, 0.15) is 0 Å². The summed E-state index contributed by atoms with van der Waals surface area (Å²) in [6, 6.07) is 4.39. The van der Waals surface area contributed by atoms with E-state index in [2.05, 4.69) is 16.6 Å². The van der Waals surface area contributed by atoms with Crippen LogP contribution < -0.4 is 21.2 Å². The van der Waals surface area contributed by atoms with Crippen molar-refractivity contribution in [2.45, 2.75) is 18.0 Å². The Balaban J connectivity index is 1.81. The van der Waals surface area contributed by atoms with Crippen LogP contribution in [-0.4, -0.2) is 37.6 Å². The van der Waals surface area contributed by atoms with Crippen LogP contribution in [0, 0.1) is 0 Å². The molecule has 12 nitrogen and oxygen atoms in total. The quantitative estimate of drug-likeness (QED) is 0.369. The molecule has 172 valence electrons. The molecule has 1 aromatic carbocycles. The van der Waals surface area contributed by atoms with Crippen molar-refractivity contribution in [3.05, 3.63) is 62.8 Å². The van der Waals surface area contributed by atoms with Crippen LogP contribution in [0.15, 0.2) is 56.7 Å². The van der Waals surface area contributed by atoms with Gasteiger partial charge in [-0.2, -0.15) is 4.99 Å². The largest absolute Gasteiger partial charge is 0.332 e. The smallest absolute Gasteiger partial charge is 0.315 e. The third-order valence-electron chi connectivity index (χ3n) is 5.04. The maximum Gasteiger partial charge on any atom is 0.332 e. The summed E-state index contributed by atoms with van der Waals surface area (Å²) in [5.41, 5.74) is -0.164. The standard InChI is InChI=1S/C19H19N7O5S2/c1-4-7-26-12-6-5-11(33(20,30)31)8-13(12)32-18(26)22-14(27)9-25-10-21-16-15(25)17(28)24(3)19(29)23(16)2/h4-6,8,10H,1,7,9H2,2-3H3,(H2,20,30,31). The Morgan fingerprint density at radius 1 is 1.27 bits per heavy atom. The van der Waals surface area contributed by atoms with Gasteiger partial charge in [0.05, 0.1) is 21.4 Å². The lowest BCUT2D eigenvalue weighted by Crippen LogP contribution is -2.37. The molecule has 14 heteroatoms. The van der Waals surface area contributed by atoms with Gasteiger partial charge in [0.1, 0.15) is 6.54 Å². The van der Waals surface area contributed by atoms with Crippen LogP contribution in [0.25, 0.3) is 21.4 Å². The SMILES string of the molecule is C=CCn1c(=NC(=O)Cn2cnc3c2c(=O)n(C)c(=O)n3C)sc2cc(S(N)(=O)=O)ccc21. The summed E-state index contributed by atoms with van der Waals surface area (Å²) in [5, 5.41) is 5.22. The lowest BCUT2D eigenvalue weighted by Gasteiger charge is -2.05. The summed E-state index contributed by atoms with van der Waals surface area (Å²) in [7, 11) is -1.06. The van der Waals surface area contributed by atoms with E-state index in [1.165, 1.54) is 41.7 Å². The molecule has 2 N–H and O–H groups in total. The van der Waals surface area contributed by atoms with Gasteiger partial charge in [0.15, 0.2) is 16.0 Å². The first-order chi connectivity index (χ1) is 15.5. The molecule has 0 saturated carbocycles. The molecule has 33 heavy (non-hydrogen) atoms. The maximum atomic E-state index is 12.8. The van der Waals surface area contributed by atoms with E-state index in [-0.39, 0.29) is 22.6 Å². The number of nitrogens with two attached hydrogens (primary N) is 1. The number of benzene rings is 1. The molecule has 0 aliphatic carbocycles. The molecular formula is C19H19N7O5S2. The van der Waals surface area contributed by atoms with Crippen LogP contribution in [-0.2, 0) is 42.0 Å². The third kappa shape index (κ3) is 3.88. The molecule has 0 atom stereocenters. The predicted molar refractivity (Wildman–Crippen MR) is 122 cm³/mol. The van der Waals surface area contributed by atoms with Gasteiger partial charge in [0, 0.05) is 20.6 Å². The number of aromatic nitrogens is 5. The number of hydrogen-bond acceptors (Lipinski definition) is 7. The van der Waals surface area contributed by atoms with Crippen molar-refractivity contribution in [2.24, 2.45) is 24.2 Å². The summed E-state index contributed by atoms with van der Waals surface area (Å²) >= 11 is 1.12. The van der Waals surface area contributed by atoms with Crippen LogP contribution in [0.4, 0.5) is 0 Å². The highest BCUT2D eigenvalue weighted by Crippen LogP contribution is 2.21. The van der Waals surface area contributed by atoms with E-state index in [1.807, 2.05) is 0 Å². The number of primary sulfonamides is 1. The molecule has 0 spiro atoms. The number of fused-ring (bicyclic) bond motifs is 2. The van der Waals surface area contributed by atoms with Crippen molar-refractivity contribution >= 4 is 48.6 Å². The van der Waals surface area contributed by atoms with E-state index in [1.54, 1.807) is 16.7 Å². The van der Waals surface area contributed by atoms with Gasteiger partial charge >= 0.3 is 5.69 Å². The fourth-order valence-corrected chi connectivity index (χ4v) is 5.14. The number of carbonyl (C=O) groups is 1. The maximum absolute atomic E-state index is 12.8. The average Bonchev–Trinajstić information content (AvgIpc) is 3.31. The van der Waals surface area contributed by atoms with E-state index >= 15 is 0 Å². The summed E-state index contributed by atoms with van der Waals surface area (Å²) < 4.78 is 29.2. The molecule has 0 aliphatic rings. The van der Waals surface area contributed by atoms with Crippen molar-refractivity contribution in [3.8, 4) is 0 Å². The van der Waals surface area contributed by atoms with Gasteiger partial charge in [0.25, 0.3) is 11.5 Å². The highest BCUT2D eigenvalue weighted by atomic mass is 32.2. The number of aryl methyl sites for hydroxylation is 1. The number of rotatable bonds is 5. The van der Waals surface area contributed by atoms with Crippen LogP contribution >= 0.6 is 11.3 Å². The topological polar surface area (TPSA) is 156 Å². The van der Waals surface area contributed by atoms with Crippen LogP contribution in [0.2, 0.25) is 0 Å². The lowest BCUT2D eigenvalue weighted by atomic mass is 10.3. The minimum atomic E-state index is -3.89. The normalized spacial score (nSPS) is 12.6. The number of nitrogens with zero attached hydrogens (tertiary/aromatic N) is 6. The van der Waals surface area contributed by atoms with Crippen molar-refractivity contribution in [1.29, 1.82) is 0 Å². The van der Waals surface area contributed by atoms with Gasteiger partial charge in [0.2, 0.25) is 10.0 Å². The fourth-order valence-electron chi connectivity index (χ4n) is 3.43. The van der Waals surface area contributed by atoms with Crippen molar-refractivity contribution in [2.75, 3.05) is 0 Å². The Kier molecular flexibility index (Phi) is 5.51. The van der Waals surface area contributed by atoms with Gasteiger partial charge in [-0.15, -0.1) is 6.58 Å². The number of imidazole rings is 1. The zero-order chi connectivity index (χ0) is 24.1. The van der Waals surface area contributed by atoms with Crippen molar-refractivity contribution < 1.29 is 13.2 Å². The van der Waals surface area contributed by atoms with Gasteiger partial charge in [-0.3, -0.25) is 18.7 Å². The first-order valence-corrected chi connectivity index (χ1v) is 11.8. The van der Waals surface area contributed by atoms with Crippen molar-refractivity contribution in [1.82, 2.24) is 23.3 Å². The fraction of sp³-hybridized carbons (Fsp3) is 0.211. The molecule has 3 heterocycles. The number of allylic oxidation sites excluding steroid dienone is 1. The summed E-state index contributed by atoms with van der Waals surface area (Å²) in [5.74, 6) is -0.568. The minimum Gasteiger partial charge on any atom is -0.315 e. The monoisotopic (exact) mass is 489 g/mol. The van der Waals surface area contributed by atoms with Crippen LogP contribution in [0.3, 0.4) is 0 Å². The van der Waals surface area contributed by atoms with Gasteiger partial charge < -0.3 is 9.13 Å². The molecule has 0 unspecified atom stereocenters. The molecule has 0 aliphatic heterocycles. The number of sulfonamides is 1. The Morgan fingerprint density at radius 2 is 2.00 bits per heavy atom. The summed E-state index contributed by atoms with van der Waals surface area (Å²) in [4.78, 5) is 46.0. The van der Waals surface area contributed by atoms with Gasteiger partial charge in [-0.1, -0.05) is 17.4 Å². The lowest BCUT2D eigenvalue weighted by molar-refractivity contribution is -0.118. The van der Waals surface area contributed by atoms with Gasteiger partial charge in [-0.25, -0.2) is 23.3 Å². The second kappa shape index (κ2) is 8.06. The summed E-state index contributed by atoms with van der Waals surface area (Å²) in [6.45, 7) is 3.76. The van der Waals surface area contributed by atoms with E-state index in [4.69, 9.17) is 5.14 Å². The third-order valence-corrected chi connectivity index (χ3v) is 6.99. The van der Waals surface area contributed by atoms with E-state index in [0.717, 1.165) is 15.9 Å². The van der Waals surface area contributed by atoms with Crippen molar-refractivity contribution in [3.63, 3.8) is 0 Å². The Labute approximate surface area is 190 Å². The molecule has 3 aromatic heterocycles. The number of thiazole rings is 1. The minimum absolute atomic E-state index is 0.0498. The van der Waals surface area contributed by atoms with Gasteiger partial charge in [-0.05, 0) is 18.2 Å². The molecule has 0 saturated heterocycles. The zero-order valence-electron chi connectivity index (χ0n) is 17.6. The molecule has 4 aromatic rings.